The van der Waals surface area contributed by atoms with E-state index >= 15 is 0 Å². The van der Waals surface area contributed by atoms with E-state index in [1.807, 2.05) is 52.0 Å². The van der Waals surface area contributed by atoms with Gasteiger partial charge in [-0.15, -0.1) is 6.58 Å². The van der Waals surface area contributed by atoms with Crippen LogP contribution in [0.1, 0.15) is 83.3 Å². The van der Waals surface area contributed by atoms with E-state index in [-0.39, 0.29) is 43.8 Å². The number of carbonyl (C=O) groups excluding carboxylic acids is 4. The summed E-state index contributed by atoms with van der Waals surface area (Å²) in [6.07, 6.45) is 2.51. The summed E-state index contributed by atoms with van der Waals surface area (Å²) in [5.74, 6) is -2.04. The number of ketones is 3. The molecule has 42 heavy (non-hydrogen) atoms. The first-order valence-electron chi connectivity index (χ1n) is 15.0. The zero-order chi connectivity index (χ0) is 30.4. The highest BCUT2D eigenvalue weighted by atomic mass is 16.6. The molecule has 2 aromatic carbocycles. The minimum absolute atomic E-state index is 0.0907. The van der Waals surface area contributed by atoms with Gasteiger partial charge in [0.1, 0.15) is 6.61 Å². The molecule has 1 saturated heterocycles. The Morgan fingerprint density at radius 3 is 2.21 bits per heavy atom. The van der Waals surface area contributed by atoms with Crippen LogP contribution in [0.25, 0.3) is 11.1 Å². The number of rotatable bonds is 13. The van der Waals surface area contributed by atoms with Crippen LogP contribution in [-0.4, -0.2) is 59.2 Å². The highest BCUT2D eigenvalue weighted by molar-refractivity contribution is 6.38. The van der Waals surface area contributed by atoms with Gasteiger partial charge >= 0.3 is 6.09 Å². The fourth-order valence-corrected chi connectivity index (χ4v) is 6.20. The number of nitrogens with zero attached hydrogens (tertiary/aromatic N) is 1. The van der Waals surface area contributed by atoms with Gasteiger partial charge < -0.3 is 9.47 Å². The minimum Gasteiger partial charge on any atom is -0.448 e. The van der Waals surface area contributed by atoms with E-state index in [9.17, 15) is 19.2 Å². The summed E-state index contributed by atoms with van der Waals surface area (Å²) in [7, 11) is 0. The zero-order valence-electron chi connectivity index (χ0n) is 25.3. The normalized spacial score (nSPS) is 18.7. The molecule has 224 valence electrons. The van der Waals surface area contributed by atoms with E-state index < -0.39 is 35.2 Å². The molecule has 0 bridgehead atoms. The van der Waals surface area contributed by atoms with Gasteiger partial charge in [0.2, 0.25) is 5.78 Å². The van der Waals surface area contributed by atoms with Crippen LogP contribution < -0.4 is 0 Å². The summed E-state index contributed by atoms with van der Waals surface area (Å²) in [6, 6.07) is 15.5. The van der Waals surface area contributed by atoms with Gasteiger partial charge in [-0.25, -0.2) is 4.79 Å². The van der Waals surface area contributed by atoms with Gasteiger partial charge in [0.25, 0.3) is 0 Å². The number of hydrogen-bond donors (Lipinski definition) is 0. The van der Waals surface area contributed by atoms with Crippen molar-refractivity contribution in [2.24, 2.45) is 5.92 Å². The molecule has 0 saturated carbocycles. The van der Waals surface area contributed by atoms with Crippen LogP contribution in [0.2, 0.25) is 0 Å². The van der Waals surface area contributed by atoms with E-state index in [4.69, 9.17) is 9.47 Å². The number of benzene rings is 2. The lowest BCUT2D eigenvalue weighted by molar-refractivity contribution is -0.140. The molecule has 3 unspecified atom stereocenters. The number of likely N-dealkylation sites (tertiary alicyclic amines) is 1. The second-order valence-corrected chi connectivity index (χ2v) is 12.3. The van der Waals surface area contributed by atoms with Gasteiger partial charge in [0.15, 0.2) is 11.6 Å². The average molecular weight is 574 g/mol. The topological polar surface area (TPSA) is 90.0 Å². The molecule has 7 nitrogen and oxygen atoms in total. The van der Waals surface area contributed by atoms with Crippen LogP contribution in [0.4, 0.5) is 4.79 Å². The number of fused-ring (bicyclic) bond motifs is 3. The van der Waals surface area contributed by atoms with Gasteiger partial charge in [-0.2, -0.15) is 0 Å². The van der Waals surface area contributed by atoms with Crippen LogP contribution in [0.3, 0.4) is 0 Å². The molecule has 0 spiro atoms. The van der Waals surface area contributed by atoms with E-state index in [1.54, 1.807) is 6.08 Å². The Morgan fingerprint density at radius 1 is 1.02 bits per heavy atom. The molecule has 7 heteroatoms. The van der Waals surface area contributed by atoms with Crippen LogP contribution in [0, 0.1) is 5.92 Å². The molecule has 0 aromatic heterocycles. The van der Waals surface area contributed by atoms with Crippen molar-refractivity contribution in [2.75, 3.05) is 13.2 Å². The van der Waals surface area contributed by atoms with Crippen molar-refractivity contribution in [1.29, 1.82) is 0 Å². The molecule has 0 N–H and O–H groups in total. The Morgan fingerprint density at radius 2 is 1.64 bits per heavy atom. The SMILES string of the molecule is C=CCCC(=O)C(=O)C(CCC)CC(=O)C1CC(OC(C)(C)C)CN1C(=O)OCC1c2ccccc2-c2ccccc21. The Labute approximate surface area is 249 Å². The van der Waals surface area contributed by atoms with Gasteiger partial charge in [-0.3, -0.25) is 19.3 Å². The Balaban J connectivity index is 1.50. The quantitative estimate of drug-likeness (QED) is 0.196. The van der Waals surface area contributed by atoms with Crippen molar-refractivity contribution in [3.63, 3.8) is 0 Å². The summed E-state index contributed by atoms with van der Waals surface area (Å²) in [6.45, 7) is 11.7. The predicted octanol–water partition coefficient (Wildman–Crippen LogP) is 6.67. The van der Waals surface area contributed by atoms with Gasteiger partial charge in [0, 0.05) is 31.1 Å². The van der Waals surface area contributed by atoms with E-state index in [0.717, 1.165) is 22.3 Å². The van der Waals surface area contributed by atoms with Crippen LogP contribution >= 0.6 is 0 Å². The lowest BCUT2D eigenvalue weighted by atomic mass is 9.87. The standard InChI is InChI=1S/C35H43NO6/c1-6-8-18-31(37)33(39)23(13-7-2)19-32(38)30-20-24(42-35(3,4)5)21-36(30)34(40)41-22-29-27-16-11-9-14-25(27)26-15-10-12-17-28(26)29/h6,9-12,14-17,23-24,29-30H,1,7-8,13,18-22H2,2-5H3. The first kappa shape index (κ1) is 31.4. The molecule has 0 radical (unpaired) electrons. The summed E-state index contributed by atoms with van der Waals surface area (Å²) < 4.78 is 12.1. The van der Waals surface area contributed by atoms with Crippen molar-refractivity contribution in [1.82, 2.24) is 4.90 Å². The van der Waals surface area contributed by atoms with Crippen molar-refractivity contribution >= 4 is 23.4 Å². The molecule has 1 aliphatic carbocycles. The third kappa shape index (κ3) is 7.24. The second kappa shape index (κ2) is 13.6. The number of carbonyl (C=O) groups is 4. The van der Waals surface area contributed by atoms with Crippen molar-refractivity contribution < 1.29 is 28.7 Å². The van der Waals surface area contributed by atoms with Crippen molar-refractivity contribution in [2.45, 2.75) is 89.9 Å². The first-order chi connectivity index (χ1) is 20.0. The minimum atomic E-state index is -0.788. The molecule has 4 rings (SSSR count). The fraction of sp³-hybridized carbons (Fsp3) is 0.486. The summed E-state index contributed by atoms with van der Waals surface area (Å²) in [4.78, 5) is 54.2. The number of Topliss-reactive ketones (excluding diaryl/α,β-unsaturated/α-hetero) is 3. The largest absolute Gasteiger partial charge is 0.448 e. The Kier molecular flexibility index (Phi) is 10.2. The zero-order valence-corrected chi connectivity index (χ0v) is 25.3. The summed E-state index contributed by atoms with van der Waals surface area (Å²) in [5, 5.41) is 0. The molecule has 1 fully saturated rings. The maximum Gasteiger partial charge on any atom is 0.410 e. The molecule has 2 aliphatic rings. The fourth-order valence-electron chi connectivity index (χ4n) is 6.20. The van der Waals surface area contributed by atoms with Gasteiger partial charge in [-0.05, 0) is 55.9 Å². The van der Waals surface area contributed by atoms with Crippen molar-refractivity contribution in [3.05, 3.63) is 72.3 Å². The van der Waals surface area contributed by atoms with Crippen LogP contribution in [-0.2, 0) is 23.9 Å². The molecule has 1 heterocycles. The third-order valence-electron chi connectivity index (χ3n) is 8.03. The van der Waals surface area contributed by atoms with Gasteiger partial charge in [-0.1, -0.05) is 68.0 Å². The molecule has 1 amide bonds. The Hall–Kier alpha value is -3.58. The first-order valence-corrected chi connectivity index (χ1v) is 15.0. The summed E-state index contributed by atoms with van der Waals surface area (Å²) in [5.41, 5.74) is 4.02. The molecular weight excluding hydrogens is 530 g/mol. The predicted molar refractivity (Wildman–Crippen MR) is 162 cm³/mol. The maximum absolute atomic E-state index is 13.7. The highest BCUT2D eigenvalue weighted by Crippen LogP contribution is 2.44. The molecule has 3 atom stereocenters. The number of allylic oxidation sites excluding steroid dienone is 1. The maximum atomic E-state index is 13.7. The number of ether oxygens (including phenoxy) is 2. The monoisotopic (exact) mass is 573 g/mol. The van der Waals surface area contributed by atoms with E-state index in [1.165, 1.54) is 4.90 Å². The lowest BCUT2D eigenvalue weighted by Crippen LogP contribution is -2.42. The third-order valence-corrected chi connectivity index (χ3v) is 8.03. The summed E-state index contributed by atoms with van der Waals surface area (Å²) >= 11 is 0. The molecular formula is C35H43NO6. The van der Waals surface area contributed by atoms with E-state index in [2.05, 4.69) is 30.8 Å². The van der Waals surface area contributed by atoms with Crippen LogP contribution in [0.15, 0.2) is 61.2 Å². The van der Waals surface area contributed by atoms with E-state index in [0.29, 0.717) is 25.7 Å². The highest BCUT2D eigenvalue weighted by Gasteiger charge is 2.43. The average Bonchev–Trinajstić information content (AvgIpc) is 3.52. The smallest absolute Gasteiger partial charge is 0.410 e. The molecule has 2 aromatic rings. The lowest BCUT2D eigenvalue weighted by Gasteiger charge is -2.26. The van der Waals surface area contributed by atoms with Crippen LogP contribution in [0.5, 0.6) is 0 Å². The molecule has 1 aliphatic heterocycles. The number of hydrogen-bond acceptors (Lipinski definition) is 6. The van der Waals surface area contributed by atoms with Crippen molar-refractivity contribution in [3.8, 4) is 11.1 Å². The number of amides is 1. The Bertz CT molecular complexity index is 1280. The van der Waals surface area contributed by atoms with Gasteiger partial charge in [0.05, 0.1) is 24.3 Å². The second-order valence-electron chi connectivity index (χ2n) is 12.3.